The van der Waals surface area contributed by atoms with Crippen LogP contribution in [0.2, 0.25) is 0 Å². The van der Waals surface area contributed by atoms with Crippen LogP contribution in [0.15, 0.2) is 72.8 Å². The zero-order valence-electron chi connectivity index (χ0n) is 18.8. The van der Waals surface area contributed by atoms with Gasteiger partial charge < -0.3 is 15.1 Å². The van der Waals surface area contributed by atoms with Gasteiger partial charge in [-0.1, -0.05) is 54.6 Å². The molecule has 3 aromatic carbocycles. The number of fused-ring (bicyclic) bond motifs is 1. The fourth-order valence-corrected chi connectivity index (χ4v) is 4.89. The topological polar surface area (TPSA) is 55.9 Å². The van der Waals surface area contributed by atoms with E-state index in [4.69, 9.17) is 0 Å². The van der Waals surface area contributed by atoms with Crippen molar-refractivity contribution in [3.8, 4) is 0 Å². The molecule has 0 unspecified atom stereocenters. The summed E-state index contributed by atoms with van der Waals surface area (Å²) in [5, 5.41) is 5.36. The number of benzene rings is 3. The lowest BCUT2D eigenvalue weighted by Crippen LogP contribution is -2.57. The standard InChI is InChI=1S/C27H30N4O2/c32-26(30-16-14-29(15-17-30)24-8-2-1-3-9-24)19-25-27(33)28-12-13-31(25)20-21-10-11-22-6-4-5-7-23(22)18-21/h1-11,18,25H,12-17,19-20H2,(H,28,33)/t25-/m0/s1. The molecule has 2 aliphatic heterocycles. The van der Waals surface area contributed by atoms with Crippen molar-refractivity contribution in [1.82, 2.24) is 15.1 Å². The summed E-state index contributed by atoms with van der Waals surface area (Å²) in [4.78, 5) is 32.2. The second-order valence-corrected chi connectivity index (χ2v) is 8.87. The highest BCUT2D eigenvalue weighted by Gasteiger charge is 2.33. The molecule has 2 fully saturated rings. The second kappa shape index (κ2) is 9.63. The van der Waals surface area contributed by atoms with Gasteiger partial charge in [-0.25, -0.2) is 0 Å². The summed E-state index contributed by atoms with van der Waals surface area (Å²) in [6.45, 7) is 5.03. The van der Waals surface area contributed by atoms with E-state index in [0.717, 1.165) is 25.2 Å². The Labute approximate surface area is 194 Å². The molecule has 3 aromatic rings. The third kappa shape index (κ3) is 4.86. The van der Waals surface area contributed by atoms with Gasteiger partial charge in [-0.3, -0.25) is 14.5 Å². The molecule has 1 atom stereocenters. The molecule has 6 nitrogen and oxygen atoms in total. The van der Waals surface area contributed by atoms with Gasteiger partial charge in [0.25, 0.3) is 0 Å². The van der Waals surface area contributed by atoms with E-state index in [2.05, 4.69) is 57.6 Å². The van der Waals surface area contributed by atoms with Crippen LogP contribution in [-0.2, 0) is 16.1 Å². The molecule has 0 bridgehead atoms. The van der Waals surface area contributed by atoms with Crippen LogP contribution in [0.5, 0.6) is 0 Å². The predicted octanol–water partition coefficient (Wildman–Crippen LogP) is 2.88. The number of carbonyl (C=O) groups is 2. The zero-order valence-corrected chi connectivity index (χ0v) is 18.8. The van der Waals surface area contributed by atoms with Gasteiger partial charge in [0.15, 0.2) is 0 Å². The van der Waals surface area contributed by atoms with Crippen LogP contribution in [0, 0.1) is 0 Å². The number of amides is 2. The first-order chi connectivity index (χ1) is 16.2. The molecule has 1 N–H and O–H groups in total. The highest BCUT2D eigenvalue weighted by Crippen LogP contribution is 2.21. The van der Waals surface area contributed by atoms with Crippen LogP contribution in [0.3, 0.4) is 0 Å². The Morgan fingerprint density at radius 1 is 0.848 bits per heavy atom. The van der Waals surface area contributed by atoms with Crippen LogP contribution < -0.4 is 10.2 Å². The van der Waals surface area contributed by atoms with E-state index in [9.17, 15) is 9.59 Å². The Hall–Kier alpha value is -3.38. The SMILES string of the molecule is O=C1NCCN(Cc2ccc3ccccc3c2)[C@H]1CC(=O)N1CCN(c2ccccc2)CC1. The summed E-state index contributed by atoms with van der Waals surface area (Å²) in [5.41, 5.74) is 2.36. The van der Waals surface area contributed by atoms with E-state index < -0.39 is 6.04 Å². The Balaban J connectivity index is 1.23. The number of rotatable bonds is 5. The first-order valence-corrected chi connectivity index (χ1v) is 11.7. The predicted molar refractivity (Wildman–Crippen MR) is 131 cm³/mol. The molecule has 0 radical (unpaired) electrons. The van der Waals surface area contributed by atoms with Gasteiger partial charge >= 0.3 is 0 Å². The number of carbonyl (C=O) groups excluding carboxylic acids is 2. The van der Waals surface area contributed by atoms with E-state index in [0.29, 0.717) is 26.2 Å². The lowest BCUT2D eigenvalue weighted by molar-refractivity contribution is -0.139. The molecule has 2 aliphatic rings. The number of nitrogens with one attached hydrogen (secondary N) is 1. The van der Waals surface area contributed by atoms with Crippen LogP contribution in [0.4, 0.5) is 5.69 Å². The van der Waals surface area contributed by atoms with Crippen LogP contribution in [0.25, 0.3) is 10.8 Å². The van der Waals surface area contributed by atoms with E-state index in [1.54, 1.807) is 0 Å². The molecule has 5 rings (SSSR count). The van der Waals surface area contributed by atoms with Gasteiger partial charge in [-0.2, -0.15) is 0 Å². The largest absolute Gasteiger partial charge is 0.368 e. The van der Waals surface area contributed by atoms with Crippen molar-refractivity contribution in [2.24, 2.45) is 0 Å². The average Bonchev–Trinajstić information content (AvgIpc) is 2.86. The van der Waals surface area contributed by atoms with Gasteiger partial charge in [0.05, 0.1) is 12.5 Å². The van der Waals surface area contributed by atoms with Crippen molar-refractivity contribution >= 4 is 28.3 Å². The van der Waals surface area contributed by atoms with E-state index in [-0.39, 0.29) is 18.2 Å². The minimum absolute atomic E-state index is 0.0432. The molecule has 33 heavy (non-hydrogen) atoms. The van der Waals surface area contributed by atoms with Crippen LogP contribution in [0.1, 0.15) is 12.0 Å². The monoisotopic (exact) mass is 442 g/mol. The molecule has 170 valence electrons. The van der Waals surface area contributed by atoms with Gasteiger partial charge in [0, 0.05) is 51.5 Å². The summed E-state index contributed by atoms with van der Waals surface area (Å²) in [7, 11) is 0. The number of para-hydroxylation sites is 1. The number of anilines is 1. The number of hydrogen-bond acceptors (Lipinski definition) is 4. The molecule has 2 saturated heterocycles. The maximum atomic E-state index is 13.1. The smallest absolute Gasteiger partial charge is 0.237 e. The van der Waals surface area contributed by atoms with Gasteiger partial charge in [0.2, 0.25) is 11.8 Å². The Morgan fingerprint density at radius 3 is 2.36 bits per heavy atom. The molecule has 0 aliphatic carbocycles. The van der Waals surface area contributed by atoms with Crippen molar-refractivity contribution in [1.29, 1.82) is 0 Å². The van der Waals surface area contributed by atoms with E-state index >= 15 is 0 Å². The normalized spacial score (nSPS) is 19.5. The third-order valence-corrected chi connectivity index (χ3v) is 6.76. The summed E-state index contributed by atoms with van der Waals surface area (Å²) in [6.07, 6.45) is 0.227. The minimum atomic E-state index is -0.426. The zero-order chi connectivity index (χ0) is 22.6. The fourth-order valence-electron chi connectivity index (χ4n) is 4.89. The highest BCUT2D eigenvalue weighted by molar-refractivity contribution is 5.89. The van der Waals surface area contributed by atoms with Gasteiger partial charge in [-0.15, -0.1) is 0 Å². The Bertz CT molecular complexity index is 1130. The van der Waals surface area contributed by atoms with Crippen molar-refractivity contribution < 1.29 is 9.59 Å². The quantitative estimate of drug-likeness (QED) is 0.660. The molecular formula is C27H30N4O2. The van der Waals surface area contributed by atoms with Gasteiger partial charge in [-0.05, 0) is 34.5 Å². The number of piperazine rings is 2. The van der Waals surface area contributed by atoms with Crippen molar-refractivity contribution in [2.45, 2.75) is 19.0 Å². The van der Waals surface area contributed by atoms with E-state index in [1.807, 2.05) is 35.2 Å². The summed E-state index contributed by atoms with van der Waals surface area (Å²) < 4.78 is 0. The summed E-state index contributed by atoms with van der Waals surface area (Å²) >= 11 is 0. The lowest BCUT2D eigenvalue weighted by atomic mass is 10.0. The Morgan fingerprint density at radius 2 is 1.58 bits per heavy atom. The molecule has 0 spiro atoms. The third-order valence-electron chi connectivity index (χ3n) is 6.76. The second-order valence-electron chi connectivity index (χ2n) is 8.87. The average molecular weight is 443 g/mol. The first-order valence-electron chi connectivity index (χ1n) is 11.7. The summed E-state index contributed by atoms with van der Waals surface area (Å²) in [6, 6.07) is 24.6. The van der Waals surface area contributed by atoms with Crippen molar-refractivity contribution in [3.05, 3.63) is 78.4 Å². The molecule has 0 aromatic heterocycles. The molecule has 6 heteroatoms. The molecule has 2 heterocycles. The van der Waals surface area contributed by atoms with Gasteiger partial charge in [0.1, 0.15) is 0 Å². The van der Waals surface area contributed by atoms with Crippen LogP contribution in [-0.4, -0.2) is 66.9 Å². The molecular weight excluding hydrogens is 412 g/mol. The minimum Gasteiger partial charge on any atom is -0.368 e. The molecule has 2 amide bonds. The number of hydrogen-bond donors (Lipinski definition) is 1. The van der Waals surface area contributed by atoms with E-state index in [1.165, 1.54) is 16.5 Å². The number of nitrogens with zero attached hydrogens (tertiary/aromatic N) is 3. The van der Waals surface area contributed by atoms with Crippen molar-refractivity contribution in [3.63, 3.8) is 0 Å². The maximum Gasteiger partial charge on any atom is 0.237 e. The van der Waals surface area contributed by atoms with Crippen LogP contribution >= 0.6 is 0 Å². The first kappa shape index (κ1) is 21.5. The lowest BCUT2D eigenvalue weighted by Gasteiger charge is -2.39. The Kier molecular flexibility index (Phi) is 6.26. The highest BCUT2D eigenvalue weighted by atomic mass is 16.2. The fraction of sp³-hybridized carbons (Fsp3) is 0.333. The maximum absolute atomic E-state index is 13.1. The molecule has 0 saturated carbocycles. The summed E-state index contributed by atoms with van der Waals surface area (Å²) in [5.74, 6) is 0.0200. The van der Waals surface area contributed by atoms with Crippen molar-refractivity contribution in [2.75, 3.05) is 44.2 Å².